The van der Waals surface area contributed by atoms with Crippen molar-refractivity contribution in [3.05, 3.63) is 5.69 Å². The van der Waals surface area contributed by atoms with E-state index in [0.29, 0.717) is 11.6 Å². The summed E-state index contributed by atoms with van der Waals surface area (Å²) >= 11 is 0. The first-order chi connectivity index (χ1) is 5.27. The molecular weight excluding hydrogens is 146 g/mol. The minimum absolute atomic E-state index is 0.215. The van der Waals surface area contributed by atoms with Crippen LogP contribution in [0.3, 0.4) is 0 Å². The number of ether oxygens (including phenoxy) is 2. The lowest BCUT2D eigenvalue weighted by molar-refractivity contribution is 0.341. The molecule has 1 rings (SSSR count). The van der Waals surface area contributed by atoms with E-state index in [1.807, 2.05) is 0 Å². The summed E-state index contributed by atoms with van der Waals surface area (Å²) in [5.41, 5.74) is 0.647. The van der Waals surface area contributed by atoms with Crippen molar-refractivity contribution in [2.45, 2.75) is 6.92 Å². The topological polar surface area (TPSA) is 57.1 Å². The van der Waals surface area contributed by atoms with Crippen LogP contribution >= 0.6 is 0 Å². The third kappa shape index (κ3) is 1.54. The summed E-state index contributed by atoms with van der Waals surface area (Å²) < 4.78 is 9.64. The molecule has 0 aliphatic carbocycles. The minimum atomic E-state index is 0.215. The smallest absolute Gasteiger partial charge is 0.338 e. The van der Waals surface area contributed by atoms with E-state index in [1.165, 1.54) is 14.2 Å². The lowest BCUT2D eigenvalue weighted by Gasteiger charge is -2.01. The van der Waals surface area contributed by atoms with Gasteiger partial charge in [-0.2, -0.15) is 4.98 Å². The molecule has 0 spiro atoms. The second-order valence-corrected chi connectivity index (χ2v) is 1.89. The van der Waals surface area contributed by atoms with Crippen LogP contribution in [0.25, 0.3) is 0 Å². The fourth-order valence-corrected chi connectivity index (χ4v) is 0.630. The van der Waals surface area contributed by atoms with Gasteiger partial charge in [-0.15, -0.1) is 5.10 Å². The summed E-state index contributed by atoms with van der Waals surface area (Å²) in [6.07, 6.45) is 0. The van der Waals surface area contributed by atoms with Crippen LogP contribution in [0.5, 0.6) is 11.9 Å². The Balaban J connectivity index is 3.02. The van der Waals surface area contributed by atoms with E-state index in [0.717, 1.165) is 0 Å². The maximum Gasteiger partial charge on any atom is 0.338 e. The largest absolute Gasteiger partial charge is 0.480 e. The van der Waals surface area contributed by atoms with E-state index in [4.69, 9.17) is 9.47 Å². The standard InChI is InChI=1S/C6H9N3O2/c1-4-5(10-2)7-6(11-3)9-8-4/h1-3H3. The fraction of sp³-hybridized carbons (Fsp3) is 0.500. The van der Waals surface area contributed by atoms with Gasteiger partial charge in [0.1, 0.15) is 5.69 Å². The van der Waals surface area contributed by atoms with E-state index in [-0.39, 0.29) is 6.01 Å². The number of rotatable bonds is 2. The van der Waals surface area contributed by atoms with Gasteiger partial charge in [0.05, 0.1) is 14.2 Å². The van der Waals surface area contributed by atoms with E-state index in [9.17, 15) is 0 Å². The molecule has 0 radical (unpaired) electrons. The molecule has 0 N–H and O–H groups in total. The molecule has 1 aromatic rings. The molecule has 0 aliphatic heterocycles. The van der Waals surface area contributed by atoms with Gasteiger partial charge in [-0.1, -0.05) is 5.10 Å². The number of nitrogens with zero attached hydrogens (tertiary/aromatic N) is 3. The summed E-state index contributed by atoms with van der Waals surface area (Å²) in [4.78, 5) is 3.89. The number of aromatic nitrogens is 3. The Morgan fingerprint density at radius 1 is 1.09 bits per heavy atom. The van der Waals surface area contributed by atoms with Crippen LogP contribution in [0.4, 0.5) is 0 Å². The highest BCUT2D eigenvalue weighted by Crippen LogP contribution is 2.11. The van der Waals surface area contributed by atoms with Crippen molar-refractivity contribution < 1.29 is 9.47 Å². The molecule has 5 heteroatoms. The van der Waals surface area contributed by atoms with Crippen molar-refractivity contribution in [2.24, 2.45) is 0 Å². The van der Waals surface area contributed by atoms with Gasteiger partial charge in [-0.05, 0) is 6.92 Å². The van der Waals surface area contributed by atoms with Crippen LogP contribution in [0.15, 0.2) is 0 Å². The molecule has 5 nitrogen and oxygen atoms in total. The highest BCUT2D eigenvalue weighted by molar-refractivity contribution is 5.16. The minimum Gasteiger partial charge on any atom is -0.480 e. The molecule has 0 bridgehead atoms. The predicted octanol–water partition coefficient (Wildman–Crippen LogP) is 0.197. The first-order valence-corrected chi connectivity index (χ1v) is 3.07. The van der Waals surface area contributed by atoms with Crippen LogP contribution in [0, 0.1) is 6.92 Å². The molecule has 1 aromatic heterocycles. The molecule has 11 heavy (non-hydrogen) atoms. The summed E-state index contributed by atoms with van der Waals surface area (Å²) in [5, 5.41) is 7.40. The quantitative estimate of drug-likeness (QED) is 0.610. The average Bonchev–Trinajstić information content (AvgIpc) is 2.05. The molecule has 0 unspecified atom stereocenters. The summed E-state index contributed by atoms with van der Waals surface area (Å²) in [7, 11) is 3.00. The zero-order valence-electron chi connectivity index (χ0n) is 6.66. The maximum atomic E-state index is 4.89. The SMILES string of the molecule is COc1nnc(C)c(OC)n1. The van der Waals surface area contributed by atoms with Crippen molar-refractivity contribution in [1.82, 2.24) is 15.2 Å². The molecule has 0 saturated carbocycles. The first kappa shape index (κ1) is 7.71. The Morgan fingerprint density at radius 3 is 2.36 bits per heavy atom. The van der Waals surface area contributed by atoms with Crippen LogP contribution < -0.4 is 9.47 Å². The molecular formula is C6H9N3O2. The molecule has 1 heterocycles. The maximum absolute atomic E-state index is 4.89. The third-order valence-corrected chi connectivity index (χ3v) is 1.17. The van der Waals surface area contributed by atoms with E-state index < -0.39 is 0 Å². The number of aryl methyl sites for hydroxylation is 1. The second-order valence-electron chi connectivity index (χ2n) is 1.89. The Morgan fingerprint density at radius 2 is 1.82 bits per heavy atom. The van der Waals surface area contributed by atoms with Gasteiger partial charge in [0.2, 0.25) is 5.88 Å². The number of methoxy groups -OCH3 is 2. The second kappa shape index (κ2) is 3.14. The monoisotopic (exact) mass is 155 g/mol. The summed E-state index contributed by atoms with van der Waals surface area (Å²) in [6, 6.07) is 0.215. The third-order valence-electron chi connectivity index (χ3n) is 1.17. The zero-order chi connectivity index (χ0) is 8.27. The number of hydrogen-bond acceptors (Lipinski definition) is 5. The lowest BCUT2D eigenvalue weighted by Crippen LogP contribution is -2.00. The van der Waals surface area contributed by atoms with Gasteiger partial charge in [-0.3, -0.25) is 0 Å². The van der Waals surface area contributed by atoms with Gasteiger partial charge in [0.15, 0.2) is 0 Å². The van der Waals surface area contributed by atoms with Gasteiger partial charge in [0.25, 0.3) is 0 Å². The van der Waals surface area contributed by atoms with E-state index >= 15 is 0 Å². The summed E-state index contributed by atoms with van der Waals surface area (Å²) in [5.74, 6) is 0.442. The van der Waals surface area contributed by atoms with E-state index in [2.05, 4.69) is 15.2 Å². The highest BCUT2D eigenvalue weighted by Gasteiger charge is 2.03. The summed E-state index contributed by atoms with van der Waals surface area (Å²) in [6.45, 7) is 1.76. The molecule has 0 saturated heterocycles. The van der Waals surface area contributed by atoms with Gasteiger partial charge < -0.3 is 9.47 Å². The predicted molar refractivity (Wildman–Crippen MR) is 37.7 cm³/mol. The van der Waals surface area contributed by atoms with Crippen molar-refractivity contribution >= 4 is 0 Å². The molecule has 0 atom stereocenters. The lowest BCUT2D eigenvalue weighted by atomic mass is 10.5. The van der Waals surface area contributed by atoms with Crippen molar-refractivity contribution in [3.63, 3.8) is 0 Å². The van der Waals surface area contributed by atoms with Crippen LogP contribution in [-0.4, -0.2) is 29.4 Å². The molecule has 60 valence electrons. The first-order valence-electron chi connectivity index (χ1n) is 3.07. The molecule has 0 fully saturated rings. The van der Waals surface area contributed by atoms with Crippen molar-refractivity contribution in [3.8, 4) is 11.9 Å². The highest BCUT2D eigenvalue weighted by atomic mass is 16.5. The van der Waals surface area contributed by atoms with Crippen LogP contribution in [0.2, 0.25) is 0 Å². The zero-order valence-corrected chi connectivity index (χ0v) is 6.66. The van der Waals surface area contributed by atoms with Crippen LogP contribution in [-0.2, 0) is 0 Å². The molecule has 0 aliphatic rings. The normalized spacial score (nSPS) is 9.36. The average molecular weight is 155 g/mol. The van der Waals surface area contributed by atoms with Crippen molar-refractivity contribution in [2.75, 3.05) is 14.2 Å². The van der Waals surface area contributed by atoms with Gasteiger partial charge >= 0.3 is 6.01 Å². The van der Waals surface area contributed by atoms with E-state index in [1.54, 1.807) is 6.92 Å². The van der Waals surface area contributed by atoms with Crippen molar-refractivity contribution in [1.29, 1.82) is 0 Å². The van der Waals surface area contributed by atoms with Gasteiger partial charge in [0, 0.05) is 0 Å². The van der Waals surface area contributed by atoms with Crippen LogP contribution in [0.1, 0.15) is 5.69 Å². The Hall–Kier alpha value is -1.39. The molecule has 0 aromatic carbocycles. The number of hydrogen-bond donors (Lipinski definition) is 0. The van der Waals surface area contributed by atoms with Gasteiger partial charge in [-0.25, -0.2) is 0 Å². The Labute approximate surface area is 64.4 Å². The Bertz CT molecular complexity index is 252. The molecule has 0 amide bonds. The fourth-order valence-electron chi connectivity index (χ4n) is 0.630. The Kier molecular flexibility index (Phi) is 2.20.